The highest BCUT2D eigenvalue weighted by Gasteiger charge is 2.41. The van der Waals surface area contributed by atoms with Crippen molar-refractivity contribution < 1.29 is 9.90 Å². The maximum Gasteiger partial charge on any atom is 0.322 e. The number of carbonyl (C=O) groups is 1. The first kappa shape index (κ1) is 7.35. The number of aliphatic imine (C=N–C) groups is 1. The van der Waals surface area contributed by atoms with Crippen LogP contribution in [0.5, 0.6) is 0 Å². The number of carboxylic acids is 1. The van der Waals surface area contributed by atoms with Crippen molar-refractivity contribution in [3.8, 4) is 0 Å². The van der Waals surface area contributed by atoms with Gasteiger partial charge in [-0.25, -0.2) is 4.99 Å². The van der Waals surface area contributed by atoms with E-state index in [1.165, 1.54) is 0 Å². The molecule has 66 valence electrons. The van der Waals surface area contributed by atoms with Gasteiger partial charge in [-0.1, -0.05) is 0 Å². The monoisotopic (exact) mass is 170 g/mol. The van der Waals surface area contributed by atoms with Gasteiger partial charge in [0.1, 0.15) is 12.2 Å². The van der Waals surface area contributed by atoms with E-state index in [0.29, 0.717) is 12.4 Å². The Hall–Kier alpha value is -1.30. The number of hydrogen-bond acceptors (Lipinski definition) is 5. The number of fused-ring (bicyclic) bond motifs is 2. The van der Waals surface area contributed by atoms with Crippen LogP contribution < -0.4 is 16.4 Å². The van der Waals surface area contributed by atoms with Crippen LogP contribution in [-0.2, 0) is 4.79 Å². The summed E-state index contributed by atoms with van der Waals surface area (Å²) in [7, 11) is 0. The van der Waals surface area contributed by atoms with Crippen LogP contribution in [-0.4, -0.2) is 35.3 Å². The zero-order valence-electron chi connectivity index (χ0n) is 6.32. The summed E-state index contributed by atoms with van der Waals surface area (Å²) in [5, 5.41) is 14.4. The Bertz CT molecular complexity index is 252. The lowest BCUT2D eigenvalue weighted by Crippen LogP contribution is -2.49. The van der Waals surface area contributed by atoms with E-state index in [9.17, 15) is 4.79 Å². The van der Waals surface area contributed by atoms with Crippen molar-refractivity contribution in [1.82, 2.24) is 10.6 Å². The van der Waals surface area contributed by atoms with Gasteiger partial charge in [0.15, 0.2) is 5.96 Å². The SMILES string of the molecule is NC1=N[C@@H]2C[C@@H](N1)[C@H](C(=O)O)N2. The molecule has 0 spiro atoms. The van der Waals surface area contributed by atoms with Gasteiger partial charge >= 0.3 is 5.97 Å². The Morgan fingerprint density at radius 2 is 2.50 bits per heavy atom. The minimum atomic E-state index is -0.861. The lowest BCUT2D eigenvalue weighted by Gasteiger charge is -2.18. The molecule has 12 heavy (non-hydrogen) atoms. The number of carboxylic acid groups (broad SMARTS) is 1. The molecule has 0 unspecified atom stereocenters. The summed E-state index contributed by atoms with van der Waals surface area (Å²) in [5.41, 5.74) is 5.42. The fourth-order valence-electron chi connectivity index (χ4n) is 1.64. The standard InChI is InChI=1S/C6H10N4O2/c7-6-8-2-1-3(10-6)9-4(2)5(11)12/h2-4,9H,1H2,(H,11,12)(H3,7,8,10)/t2-,3-,4-/m1/s1. The van der Waals surface area contributed by atoms with E-state index in [0.717, 1.165) is 0 Å². The first-order chi connectivity index (χ1) is 5.66. The summed E-state index contributed by atoms with van der Waals surface area (Å²) in [6.07, 6.45) is 0.565. The van der Waals surface area contributed by atoms with Crippen LogP contribution in [0.3, 0.4) is 0 Å². The Labute approximate surface area is 68.8 Å². The number of rotatable bonds is 1. The van der Waals surface area contributed by atoms with Crippen LogP contribution in [0.4, 0.5) is 0 Å². The molecule has 1 saturated heterocycles. The molecule has 2 aliphatic rings. The number of nitrogens with one attached hydrogen (secondary N) is 2. The number of aliphatic carboxylic acids is 1. The first-order valence-electron chi connectivity index (χ1n) is 3.75. The average Bonchev–Trinajstić information content (AvgIpc) is 2.26. The molecule has 0 radical (unpaired) electrons. The molecule has 0 aromatic heterocycles. The second-order valence-corrected chi connectivity index (χ2v) is 3.00. The molecular weight excluding hydrogens is 160 g/mol. The van der Waals surface area contributed by atoms with E-state index in [1.807, 2.05) is 0 Å². The second-order valence-electron chi connectivity index (χ2n) is 3.00. The van der Waals surface area contributed by atoms with E-state index in [2.05, 4.69) is 15.6 Å². The molecule has 0 aliphatic carbocycles. The number of hydrogen-bond donors (Lipinski definition) is 4. The summed E-state index contributed by atoms with van der Waals surface area (Å²) in [6, 6.07) is -0.690. The van der Waals surface area contributed by atoms with Gasteiger partial charge in [-0.15, -0.1) is 0 Å². The molecule has 2 aliphatic heterocycles. The van der Waals surface area contributed by atoms with Gasteiger partial charge in [0.2, 0.25) is 0 Å². The quantitative estimate of drug-likeness (QED) is 0.366. The molecule has 1 fully saturated rings. The van der Waals surface area contributed by atoms with Crippen molar-refractivity contribution in [3.05, 3.63) is 0 Å². The van der Waals surface area contributed by atoms with Gasteiger partial charge in [-0.2, -0.15) is 0 Å². The molecule has 2 heterocycles. The van der Waals surface area contributed by atoms with Gasteiger partial charge < -0.3 is 16.2 Å². The fraction of sp³-hybridized carbons (Fsp3) is 0.667. The number of guanidine groups is 1. The van der Waals surface area contributed by atoms with Crippen molar-refractivity contribution in [2.75, 3.05) is 0 Å². The minimum Gasteiger partial charge on any atom is -0.480 e. The third-order valence-electron chi connectivity index (χ3n) is 2.15. The van der Waals surface area contributed by atoms with Crippen molar-refractivity contribution in [2.45, 2.75) is 24.7 Å². The molecule has 5 N–H and O–H groups in total. The summed E-state index contributed by atoms with van der Waals surface area (Å²) in [4.78, 5) is 14.6. The molecule has 6 heteroatoms. The van der Waals surface area contributed by atoms with Gasteiger partial charge in [-0.05, 0) is 0 Å². The lowest BCUT2D eigenvalue weighted by molar-refractivity contribution is -0.139. The largest absolute Gasteiger partial charge is 0.480 e. The van der Waals surface area contributed by atoms with Crippen LogP contribution in [0.2, 0.25) is 0 Å². The molecule has 0 aromatic carbocycles. The first-order valence-corrected chi connectivity index (χ1v) is 3.75. The van der Waals surface area contributed by atoms with Gasteiger partial charge in [-0.3, -0.25) is 10.1 Å². The Morgan fingerprint density at radius 1 is 1.75 bits per heavy atom. The predicted molar refractivity (Wildman–Crippen MR) is 41.5 cm³/mol. The molecule has 2 bridgehead atoms. The number of nitrogens with zero attached hydrogens (tertiary/aromatic N) is 1. The molecule has 2 rings (SSSR count). The van der Waals surface area contributed by atoms with E-state index in [4.69, 9.17) is 10.8 Å². The summed E-state index contributed by atoms with van der Waals surface area (Å²) in [5.74, 6) is -0.535. The maximum absolute atomic E-state index is 10.7. The average molecular weight is 170 g/mol. The Kier molecular flexibility index (Phi) is 1.44. The fourth-order valence-corrected chi connectivity index (χ4v) is 1.64. The summed E-state index contributed by atoms with van der Waals surface area (Å²) in [6.45, 7) is 0. The van der Waals surface area contributed by atoms with Gasteiger partial charge in [0.25, 0.3) is 0 Å². The molecule has 6 nitrogen and oxygen atoms in total. The highest BCUT2D eigenvalue weighted by atomic mass is 16.4. The van der Waals surface area contributed by atoms with Crippen LogP contribution in [0.15, 0.2) is 4.99 Å². The topological polar surface area (TPSA) is 99.7 Å². The Morgan fingerprint density at radius 3 is 3.17 bits per heavy atom. The second kappa shape index (κ2) is 2.34. The van der Waals surface area contributed by atoms with Crippen LogP contribution in [0, 0.1) is 0 Å². The highest BCUT2D eigenvalue weighted by molar-refractivity contribution is 5.82. The van der Waals surface area contributed by atoms with E-state index < -0.39 is 12.0 Å². The van der Waals surface area contributed by atoms with Gasteiger partial charge in [0, 0.05) is 6.42 Å². The van der Waals surface area contributed by atoms with E-state index >= 15 is 0 Å². The maximum atomic E-state index is 10.7. The van der Waals surface area contributed by atoms with Crippen molar-refractivity contribution in [3.63, 3.8) is 0 Å². The zero-order chi connectivity index (χ0) is 8.72. The van der Waals surface area contributed by atoms with Crippen molar-refractivity contribution >= 4 is 11.9 Å². The summed E-state index contributed by atoms with van der Waals surface area (Å²) >= 11 is 0. The van der Waals surface area contributed by atoms with Crippen molar-refractivity contribution in [1.29, 1.82) is 0 Å². The molecule has 0 aromatic rings. The van der Waals surface area contributed by atoms with Crippen LogP contribution >= 0.6 is 0 Å². The van der Waals surface area contributed by atoms with Crippen LogP contribution in [0.25, 0.3) is 0 Å². The predicted octanol–water partition coefficient (Wildman–Crippen LogP) is -1.95. The van der Waals surface area contributed by atoms with E-state index in [-0.39, 0.29) is 12.2 Å². The number of nitrogens with two attached hydrogens (primary N) is 1. The molecule has 0 amide bonds. The van der Waals surface area contributed by atoms with Gasteiger partial charge in [0.05, 0.1) is 6.04 Å². The normalized spacial score (nSPS) is 38.7. The highest BCUT2D eigenvalue weighted by Crippen LogP contribution is 2.17. The van der Waals surface area contributed by atoms with E-state index in [1.54, 1.807) is 0 Å². The summed E-state index contributed by atoms with van der Waals surface area (Å²) < 4.78 is 0. The third kappa shape index (κ3) is 1.00. The zero-order valence-corrected chi connectivity index (χ0v) is 6.32. The van der Waals surface area contributed by atoms with Crippen LogP contribution in [0.1, 0.15) is 6.42 Å². The Balaban J connectivity index is 2.16. The minimum absolute atomic E-state index is 0.120. The molecular formula is C6H10N4O2. The lowest BCUT2D eigenvalue weighted by atomic mass is 10.1. The molecule has 3 atom stereocenters. The smallest absolute Gasteiger partial charge is 0.322 e. The molecule has 0 saturated carbocycles. The third-order valence-corrected chi connectivity index (χ3v) is 2.15. The van der Waals surface area contributed by atoms with Crippen molar-refractivity contribution in [2.24, 2.45) is 10.7 Å².